The van der Waals surface area contributed by atoms with Gasteiger partial charge in [-0.3, -0.25) is 9.11 Å². The normalized spacial score (nSPS) is 15.2. The van der Waals surface area contributed by atoms with Gasteiger partial charge in [-0.2, -0.15) is 0 Å². The summed E-state index contributed by atoms with van der Waals surface area (Å²) in [4.78, 5) is 2.23. The second kappa shape index (κ2) is 6.03. The van der Waals surface area contributed by atoms with Crippen LogP contribution in [0.4, 0.5) is 0 Å². The number of hydrogen-bond acceptors (Lipinski definition) is 2. The Morgan fingerprint density at radius 2 is 1.93 bits per heavy atom. The van der Waals surface area contributed by atoms with E-state index in [2.05, 4.69) is 31.0 Å². The van der Waals surface area contributed by atoms with Gasteiger partial charge < -0.3 is 0 Å². The minimum atomic E-state index is -0.716. The molecule has 1 rings (SSSR count). The number of nitrogens with zero attached hydrogens (tertiary/aromatic N) is 1. The Hall–Kier alpha value is -0.670. The van der Waals surface area contributed by atoms with E-state index in [1.165, 1.54) is 5.56 Å². The van der Waals surface area contributed by atoms with Crippen LogP contribution in [0.3, 0.4) is 0 Å². The van der Waals surface area contributed by atoms with E-state index >= 15 is 0 Å². The van der Waals surface area contributed by atoms with Crippen molar-refractivity contribution < 1.29 is 4.21 Å². The number of hydrogen-bond donors (Lipinski definition) is 0. The van der Waals surface area contributed by atoms with Crippen LogP contribution >= 0.6 is 0 Å². The van der Waals surface area contributed by atoms with E-state index in [1.807, 2.05) is 18.2 Å². The van der Waals surface area contributed by atoms with Crippen molar-refractivity contribution in [2.75, 3.05) is 19.1 Å². The first-order valence-corrected chi connectivity index (χ1v) is 6.86. The maximum Gasteiger partial charge on any atom is 0.0385 e. The molecule has 0 radical (unpaired) electrons. The van der Waals surface area contributed by atoms with Gasteiger partial charge in [-0.1, -0.05) is 30.3 Å². The van der Waals surface area contributed by atoms with Crippen LogP contribution in [0.1, 0.15) is 12.5 Å². The molecule has 0 amide bonds. The minimum Gasteiger partial charge on any atom is -0.299 e. The van der Waals surface area contributed by atoms with E-state index in [9.17, 15) is 4.21 Å². The zero-order valence-corrected chi connectivity index (χ0v) is 10.5. The molecule has 0 unspecified atom stereocenters. The van der Waals surface area contributed by atoms with Crippen molar-refractivity contribution in [3.05, 3.63) is 35.9 Å². The molecule has 0 N–H and O–H groups in total. The van der Waals surface area contributed by atoms with E-state index < -0.39 is 10.8 Å². The van der Waals surface area contributed by atoms with Gasteiger partial charge in [0.1, 0.15) is 0 Å². The standard InChI is InChI=1S/C12H19NOS/c1-11(10-15(3)14)13(2)9-12-7-5-4-6-8-12/h4-8,11H,9-10H2,1-3H3/t11-,15+/m0/s1. The van der Waals surface area contributed by atoms with Gasteiger partial charge in [-0.25, -0.2) is 0 Å². The summed E-state index contributed by atoms with van der Waals surface area (Å²) in [6.45, 7) is 3.03. The zero-order valence-electron chi connectivity index (χ0n) is 9.64. The molecule has 0 aromatic heterocycles. The molecule has 2 nitrogen and oxygen atoms in total. The quantitative estimate of drug-likeness (QED) is 0.762. The highest BCUT2D eigenvalue weighted by molar-refractivity contribution is 7.84. The fourth-order valence-electron chi connectivity index (χ4n) is 1.49. The third-order valence-corrected chi connectivity index (χ3v) is 3.45. The Bertz CT molecular complexity index is 313. The molecule has 2 atom stereocenters. The maximum absolute atomic E-state index is 11.1. The zero-order chi connectivity index (χ0) is 11.3. The van der Waals surface area contributed by atoms with Gasteiger partial charge in [0.25, 0.3) is 0 Å². The summed E-state index contributed by atoms with van der Waals surface area (Å²) in [7, 11) is 1.36. The Morgan fingerprint density at radius 3 is 2.47 bits per heavy atom. The van der Waals surface area contributed by atoms with E-state index in [0.29, 0.717) is 6.04 Å². The predicted octanol–water partition coefficient (Wildman–Crippen LogP) is 1.89. The van der Waals surface area contributed by atoms with Gasteiger partial charge in [-0.15, -0.1) is 0 Å². The summed E-state index contributed by atoms with van der Waals surface area (Å²) in [5.41, 5.74) is 1.30. The largest absolute Gasteiger partial charge is 0.299 e. The van der Waals surface area contributed by atoms with Crippen LogP contribution in [-0.2, 0) is 17.3 Å². The monoisotopic (exact) mass is 225 g/mol. The highest BCUT2D eigenvalue weighted by atomic mass is 32.2. The summed E-state index contributed by atoms with van der Waals surface area (Å²) in [5, 5.41) is 0. The van der Waals surface area contributed by atoms with E-state index in [4.69, 9.17) is 0 Å². The molecule has 0 heterocycles. The minimum absolute atomic E-state index is 0.357. The van der Waals surface area contributed by atoms with Crippen LogP contribution in [0.2, 0.25) is 0 Å². The van der Waals surface area contributed by atoms with Gasteiger partial charge in [0.2, 0.25) is 0 Å². The van der Waals surface area contributed by atoms with Crippen LogP contribution in [0.5, 0.6) is 0 Å². The Kier molecular flexibility index (Phi) is 4.99. The average Bonchev–Trinajstić information content (AvgIpc) is 2.18. The molecule has 84 valence electrons. The molecule has 3 heteroatoms. The predicted molar refractivity (Wildman–Crippen MR) is 66.3 cm³/mol. The molecule has 0 spiro atoms. The maximum atomic E-state index is 11.1. The highest BCUT2D eigenvalue weighted by Gasteiger charge is 2.10. The second-order valence-electron chi connectivity index (χ2n) is 3.99. The fraction of sp³-hybridized carbons (Fsp3) is 0.500. The van der Waals surface area contributed by atoms with E-state index in [0.717, 1.165) is 12.3 Å². The first-order chi connectivity index (χ1) is 7.09. The molecule has 0 fully saturated rings. The van der Waals surface area contributed by atoms with Gasteiger partial charge >= 0.3 is 0 Å². The number of benzene rings is 1. The lowest BCUT2D eigenvalue weighted by atomic mass is 10.2. The lowest BCUT2D eigenvalue weighted by molar-refractivity contribution is 0.268. The summed E-state index contributed by atoms with van der Waals surface area (Å²) in [5.74, 6) is 0.739. The molecule has 15 heavy (non-hydrogen) atoms. The second-order valence-corrected chi connectivity index (χ2v) is 5.47. The molecule has 0 saturated heterocycles. The van der Waals surface area contributed by atoms with Crippen molar-refractivity contribution in [2.24, 2.45) is 0 Å². The summed E-state index contributed by atoms with van der Waals surface area (Å²) in [6, 6.07) is 10.7. The molecule has 0 aliphatic carbocycles. The van der Waals surface area contributed by atoms with Crippen LogP contribution in [0, 0.1) is 0 Å². The van der Waals surface area contributed by atoms with Gasteiger partial charge in [0.05, 0.1) is 0 Å². The van der Waals surface area contributed by atoms with E-state index in [-0.39, 0.29) is 0 Å². The topological polar surface area (TPSA) is 20.3 Å². The van der Waals surface area contributed by atoms with Crippen molar-refractivity contribution in [1.82, 2.24) is 4.90 Å². The van der Waals surface area contributed by atoms with Gasteiger partial charge in [0, 0.05) is 35.4 Å². The molecule has 0 bridgehead atoms. The fourth-order valence-corrected chi connectivity index (χ4v) is 2.43. The molecule has 1 aromatic carbocycles. The van der Waals surface area contributed by atoms with Gasteiger partial charge in [-0.05, 0) is 19.5 Å². The SMILES string of the molecule is C[C@@H](C[S@@](C)=O)N(C)Cc1ccccc1. The lowest BCUT2D eigenvalue weighted by Crippen LogP contribution is -2.32. The summed E-state index contributed by atoms with van der Waals surface area (Å²) >= 11 is 0. The van der Waals surface area contributed by atoms with Crippen LogP contribution < -0.4 is 0 Å². The molecule has 0 aliphatic rings. The molecular formula is C12H19NOS. The highest BCUT2D eigenvalue weighted by Crippen LogP contribution is 2.06. The van der Waals surface area contributed by atoms with Crippen molar-refractivity contribution in [3.8, 4) is 0 Å². The Balaban J connectivity index is 2.48. The first kappa shape index (κ1) is 12.4. The van der Waals surface area contributed by atoms with Crippen LogP contribution in [0.15, 0.2) is 30.3 Å². The molecule has 1 aromatic rings. The van der Waals surface area contributed by atoms with Crippen molar-refractivity contribution in [3.63, 3.8) is 0 Å². The van der Waals surface area contributed by atoms with Crippen molar-refractivity contribution in [2.45, 2.75) is 19.5 Å². The smallest absolute Gasteiger partial charge is 0.0385 e. The average molecular weight is 225 g/mol. The lowest BCUT2D eigenvalue weighted by Gasteiger charge is -2.23. The number of rotatable bonds is 5. The van der Waals surface area contributed by atoms with Crippen molar-refractivity contribution >= 4 is 10.8 Å². The summed E-state index contributed by atoms with van der Waals surface area (Å²) < 4.78 is 11.1. The molecular weight excluding hydrogens is 206 g/mol. The van der Waals surface area contributed by atoms with E-state index in [1.54, 1.807) is 6.26 Å². The third kappa shape index (κ3) is 4.58. The first-order valence-electron chi connectivity index (χ1n) is 5.14. The Labute approximate surface area is 94.8 Å². The van der Waals surface area contributed by atoms with Gasteiger partial charge in [0.15, 0.2) is 0 Å². The van der Waals surface area contributed by atoms with Crippen LogP contribution in [-0.4, -0.2) is 34.2 Å². The third-order valence-electron chi connectivity index (χ3n) is 2.50. The summed E-state index contributed by atoms with van der Waals surface area (Å²) in [6.07, 6.45) is 1.76. The molecule has 0 aliphatic heterocycles. The molecule has 0 saturated carbocycles. The van der Waals surface area contributed by atoms with Crippen LogP contribution in [0.25, 0.3) is 0 Å². The Morgan fingerprint density at radius 1 is 1.33 bits per heavy atom. The van der Waals surface area contributed by atoms with Crippen molar-refractivity contribution in [1.29, 1.82) is 0 Å².